The van der Waals surface area contributed by atoms with Crippen molar-refractivity contribution in [3.05, 3.63) is 121 Å². The Morgan fingerprint density at radius 3 is 1.69 bits per heavy atom. The number of rotatable bonds is 19. The summed E-state index contributed by atoms with van der Waals surface area (Å²) < 4.78 is 182. The average molecular weight is 1290 g/mol. The fraction of sp³-hybridized carbons (Fsp3) is 0.0714. The molecule has 27 nitrogen and oxygen atoms in total. The van der Waals surface area contributed by atoms with Gasteiger partial charge < -0.3 is 34.1 Å². The zero-order chi connectivity index (χ0) is 54.1. The number of aromatic nitrogens is 3. The number of halogens is 1. The van der Waals surface area contributed by atoms with Crippen molar-refractivity contribution in [1.82, 2.24) is 15.0 Å². The van der Waals surface area contributed by atoms with Crippen molar-refractivity contribution in [3.63, 3.8) is 0 Å². The molecule has 0 fully saturated rings. The zero-order valence-electron chi connectivity index (χ0n) is 41.7. The maximum atomic E-state index is 12.9. The fourth-order valence-corrected chi connectivity index (χ4v) is 11.4. The Morgan fingerprint density at radius 2 is 1.07 bits per heavy atom. The van der Waals surface area contributed by atoms with Crippen LogP contribution in [0.4, 0.5) is 46.0 Å². The summed E-state index contributed by atoms with van der Waals surface area (Å²) in [5, 5.41) is 33.7. The molecule has 39 heteroatoms. The molecule has 0 aliphatic rings. The van der Waals surface area contributed by atoms with Gasteiger partial charge in [-0.2, -0.15) is 20.1 Å². The first-order valence-corrected chi connectivity index (χ1v) is 28.5. The molecule has 2 N–H and O–H groups in total. The molecule has 0 spiro atoms. The molecule has 0 bridgehead atoms. The molecule has 8 aromatic rings. The normalized spacial score (nSPS) is 11.9. The van der Waals surface area contributed by atoms with Crippen LogP contribution in [0.1, 0.15) is 7.43 Å². The van der Waals surface area contributed by atoms with E-state index in [0.29, 0.717) is 0 Å². The molecule has 0 amide bonds. The zero-order valence-corrected chi connectivity index (χ0v) is 57.3. The first-order chi connectivity index (χ1) is 35.3. The Morgan fingerprint density at radius 1 is 0.519 bits per heavy atom. The number of nitrogens with zero attached hydrogens (tertiary/aromatic N) is 7. The summed E-state index contributed by atoms with van der Waals surface area (Å²) in [6.07, 6.45) is 0. The van der Waals surface area contributed by atoms with Gasteiger partial charge in [-0.3, -0.25) is 9.22 Å². The van der Waals surface area contributed by atoms with Crippen LogP contribution in [0, 0.1) is 0 Å². The van der Waals surface area contributed by atoms with Crippen LogP contribution in [0.5, 0.6) is 0 Å². The second-order valence-corrected chi connectivity index (χ2v) is 23.4. The van der Waals surface area contributed by atoms with E-state index in [4.69, 9.17) is 15.8 Å². The average Bonchev–Trinajstić information content (AvgIpc) is 3.33. The van der Waals surface area contributed by atoms with Crippen molar-refractivity contribution in [1.29, 1.82) is 0 Å². The molecule has 0 aliphatic heterocycles. The van der Waals surface area contributed by atoms with Gasteiger partial charge in [-0.15, -0.1) is 19.7 Å². The quantitative estimate of drug-likeness (QED) is 0.0144. The van der Waals surface area contributed by atoms with Crippen molar-refractivity contribution in [3.8, 4) is 0 Å². The van der Waals surface area contributed by atoms with Crippen LogP contribution in [0.3, 0.4) is 0 Å². The number of sulfone groups is 1. The molecule has 0 saturated heterocycles. The summed E-state index contributed by atoms with van der Waals surface area (Å²) in [7, 11) is -24.8. The van der Waals surface area contributed by atoms with E-state index in [2.05, 4.69) is 55.4 Å². The van der Waals surface area contributed by atoms with Crippen LogP contribution in [0.15, 0.2) is 160 Å². The molecule has 0 unspecified atom stereocenters. The molecule has 0 saturated carbocycles. The Labute approximate surface area is 582 Å². The number of nitrogens with one attached hydrogen (secondary N) is 2. The van der Waals surface area contributed by atoms with E-state index in [1.807, 2.05) is 0 Å². The minimum Gasteiger partial charge on any atom is -0.744 e. The summed E-state index contributed by atoms with van der Waals surface area (Å²) in [5.74, 6) is -1.06. The Balaban J connectivity index is 0.00000374. The SMILES string of the molecule is C.O=S(=O)([O-])c1ccc2c(N=Nc3cc(S(=O)(=O)[O-])c4cccc(S(=O)(=O)[O-])c4c3)ccc(N=Nc3ccc(Nc4nc(Cl)nc(Nc5cccc(S(=O)(=O)CCOSOO[O-])c5)n4)c4c(S(=O)(=O)[O-])cccc34)c2c1.[Na+].[Na+].[Na+].[Na+].[Na+]. The molecule has 0 atom stereocenters. The van der Waals surface area contributed by atoms with Gasteiger partial charge in [-0.25, -0.2) is 42.1 Å². The summed E-state index contributed by atoms with van der Waals surface area (Å²) in [6, 6.07) is 22.1. The number of hydrogen-bond donors (Lipinski definition) is 2. The van der Waals surface area contributed by atoms with Gasteiger partial charge in [-0.1, -0.05) is 43.8 Å². The predicted molar refractivity (Wildman–Crippen MR) is 264 cm³/mol. The van der Waals surface area contributed by atoms with Crippen molar-refractivity contribution < 1.29 is 227 Å². The third-order valence-corrected chi connectivity index (χ3v) is 16.0. The summed E-state index contributed by atoms with van der Waals surface area (Å²) in [6.45, 7) is -0.380. The topological polar surface area (TPSA) is 426 Å². The van der Waals surface area contributed by atoms with Gasteiger partial charge >= 0.3 is 148 Å². The third-order valence-electron chi connectivity index (χ3n) is 10.3. The van der Waals surface area contributed by atoms with Crippen LogP contribution < -0.4 is 164 Å². The molecule has 81 heavy (non-hydrogen) atoms. The van der Waals surface area contributed by atoms with Gasteiger partial charge in [0.1, 0.15) is 40.5 Å². The maximum absolute atomic E-state index is 12.9. The summed E-state index contributed by atoms with van der Waals surface area (Å²) in [4.78, 5) is 8.89. The maximum Gasteiger partial charge on any atom is 1.00 e. The Hall–Kier alpha value is -1.80. The Kier molecular flexibility index (Phi) is 29.0. The van der Waals surface area contributed by atoms with Gasteiger partial charge in [0.25, 0.3) is 0 Å². The first kappa shape index (κ1) is 75.3. The molecule has 0 radical (unpaired) electrons. The van der Waals surface area contributed by atoms with E-state index in [1.165, 1.54) is 60.7 Å². The molecule has 7 aromatic carbocycles. The number of benzene rings is 7. The van der Waals surface area contributed by atoms with E-state index in [1.54, 1.807) is 0 Å². The molecule has 398 valence electrons. The molecule has 8 rings (SSSR count). The van der Waals surface area contributed by atoms with Gasteiger partial charge in [0.05, 0.1) is 65.3 Å². The number of hydrogen-bond acceptors (Lipinski definition) is 28. The molecule has 1 heterocycles. The predicted octanol–water partition coefficient (Wildman–Crippen LogP) is -7.85. The molecular weight excluding hydrogens is 1260 g/mol. The molecule has 0 aliphatic carbocycles. The molecular formula is C42H29ClN9Na5O18S6. The number of fused-ring (bicyclic) bond motifs is 3. The van der Waals surface area contributed by atoms with Crippen LogP contribution >= 0.6 is 23.9 Å². The Bertz CT molecular complexity index is 4300. The van der Waals surface area contributed by atoms with E-state index in [9.17, 15) is 65.6 Å². The van der Waals surface area contributed by atoms with E-state index >= 15 is 0 Å². The second kappa shape index (κ2) is 31.2. The van der Waals surface area contributed by atoms with Crippen LogP contribution in [0.25, 0.3) is 32.3 Å². The number of anilines is 4. The van der Waals surface area contributed by atoms with Crippen LogP contribution in [-0.2, 0) is 63.9 Å². The monoisotopic (exact) mass is 1290 g/mol. The van der Waals surface area contributed by atoms with E-state index in [0.717, 1.165) is 54.6 Å². The minimum absolute atomic E-state index is 0. The fourth-order valence-electron chi connectivity index (χ4n) is 7.20. The van der Waals surface area contributed by atoms with E-state index < -0.39 is 92.0 Å². The van der Waals surface area contributed by atoms with E-state index in [-0.39, 0.29) is 246 Å². The van der Waals surface area contributed by atoms with Crippen molar-refractivity contribution in [2.75, 3.05) is 23.0 Å². The van der Waals surface area contributed by atoms with Crippen molar-refractivity contribution in [2.45, 2.75) is 31.9 Å². The van der Waals surface area contributed by atoms with Crippen molar-refractivity contribution >= 4 is 153 Å². The first-order valence-electron chi connectivity index (χ1n) is 20.2. The largest absolute Gasteiger partial charge is 1.00 e. The minimum atomic E-state index is -5.30. The smallest absolute Gasteiger partial charge is 0.744 e. The van der Waals surface area contributed by atoms with Gasteiger partial charge in [0.15, 0.2) is 22.2 Å². The van der Waals surface area contributed by atoms with Crippen LogP contribution in [0.2, 0.25) is 5.28 Å². The third kappa shape index (κ3) is 18.9. The summed E-state index contributed by atoms with van der Waals surface area (Å²) in [5.41, 5.74) is -0.614. The van der Waals surface area contributed by atoms with Crippen molar-refractivity contribution in [2.24, 2.45) is 20.5 Å². The van der Waals surface area contributed by atoms with Gasteiger partial charge in [0.2, 0.25) is 17.2 Å². The summed E-state index contributed by atoms with van der Waals surface area (Å²) >= 11 is 6.37. The number of azo groups is 2. The second-order valence-electron chi connectivity index (χ2n) is 15.0. The van der Waals surface area contributed by atoms with Gasteiger partial charge in [-0.05, 0) is 90.5 Å². The standard InChI is InChI=1S/C41H30ClN9O18S6.CH4.5Na/c42-39-45-40(43-22-4-1-5-24(18-22)71(53,54)17-16-67-70-69-68-52)47-41(46-39)44-34-15-14-32(28-7-3-9-36(38(28)34)74(61,62)63)50-51-33-13-12-31(26-11-10-25(21-29(26)33)72(55,56)57)49-48-23-19-30-27(37(20-23)75(64,65)66)6-2-8-35(30)73(58,59)60;;;;;;/h1-15,18-21,52H,16-17H2,(H,55,56,57)(H,58,59,60)(H,61,62,63)(H,64,65,66)(H2,43,44,45,46,47);1H4;;;;;/q;;5*+1/p-5. The van der Waals surface area contributed by atoms with Crippen LogP contribution in [-0.4, -0.2) is 87.6 Å². The molecule has 1 aromatic heterocycles. The van der Waals surface area contributed by atoms with Gasteiger partial charge in [0, 0.05) is 38.0 Å².